The zero-order valence-corrected chi connectivity index (χ0v) is 19.5. The number of benzene rings is 2. The number of nitrogens with two attached hydrogens (primary N) is 1. The number of carboxylic acids is 2. The predicted octanol–water partition coefficient (Wildman–Crippen LogP) is 1.05. The van der Waals surface area contributed by atoms with E-state index in [0.717, 1.165) is 22.3 Å². The van der Waals surface area contributed by atoms with Crippen molar-refractivity contribution in [2.24, 2.45) is 5.73 Å². The first-order valence-corrected chi connectivity index (χ1v) is 12.0. The fourth-order valence-corrected chi connectivity index (χ4v) is 5.20. The van der Waals surface area contributed by atoms with Gasteiger partial charge in [-0.25, -0.2) is 0 Å². The lowest BCUT2D eigenvalue weighted by molar-refractivity contribution is -0.139. The van der Waals surface area contributed by atoms with Crippen LogP contribution in [0.3, 0.4) is 0 Å². The summed E-state index contributed by atoms with van der Waals surface area (Å²) in [6.45, 7) is -0.623. The molecular formula is C24H27N3O7S. The van der Waals surface area contributed by atoms with Crippen LogP contribution in [0.25, 0.3) is 11.1 Å². The van der Waals surface area contributed by atoms with E-state index in [1.165, 1.54) is 11.8 Å². The molecule has 0 bridgehead atoms. The number of aliphatic hydroxyl groups excluding tert-OH is 1. The van der Waals surface area contributed by atoms with Crippen molar-refractivity contribution in [2.75, 3.05) is 12.3 Å². The summed E-state index contributed by atoms with van der Waals surface area (Å²) in [5.41, 5.74) is 8.95. The Morgan fingerprint density at radius 1 is 0.971 bits per heavy atom. The van der Waals surface area contributed by atoms with Crippen LogP contribution in [0.2, 0.25) is 0 Å². The third-order valence-corrected chi connectivity index (χ3v) is 7.03. The van der Waals surface area contributed by atoms with E-state index in [1.807, 2.05) is 48.5 Å². The van der Waals surface area contributed by atoms with Gasteiger partial charge in [-0.3, -0.25) is 19.2 Å². The van der Waals surface area contributed by atoms with E-state index in [0.29, 0.717) is 0 Å². The molecule has 2 aromatic rings. The number of carbonyl (C=O) groups excluding carboxylic acids is 2. The lowest BCUT2D eigenvalue weighted by atomic mass is 9.83. The molecule has 0 heterocycles. The number of aliphatic carboxylic acids is 2. The Balaban J connectivity index is 1.76. The minimum atomic E-state index is -1.24. The van der Waals surface area contributed by atoms with Crippen LogP contribution in [-0.4, -0.2) is 63.5 Å². The largest absolute Gasteiger partial charge is 0.480 e. The quantitative estimate of drug-likeness (QED) is 0.262. The molecule has 2 aromatic carbocycles. The van der Waals surface area contributed by atoms with Crippen LogP contribution in [0.1, 0.15) is 35.3 Å². The van der Waals surface area contributed by atoms with Gasteiger partial charge in [0.2, 0.25) is 11.8 Å². The molecule has 0 aliphatic heterocycles. The van der Waals surface area contributed by atoms with Gasteiger partial charge in [-0.15, -0.1) is 11.8 Å². The molecule has 0 fully saturated rings. The summed E-state index contributed by atoms with van der Waals surface area (Å²) in [7, 11) is 0. The van der Waals surface area contributed by atoms with Gasteiger partial charge in [0.05, 0.1) is 11.4 Å². The summed E-state index contributed by atoms with van der Waals surface area (Å²) in [6, 6.07) is 12.8. The minimum absolute atomic E-state index is 0.0421. The van der Waals surface area contributed by atoms with Gasteiger partial charge < -0.3 is 31.7 Å². The Bertz CT molecular complexity index is 1110. The van der Waals surface area contributed by atoms with Crippen molar-refractivity contribution in [1.29, 1.82) is 0 Å². The van der Waals surface area contributed by atoms with E-state index < -0.39 is 53.7 Å². The number of carboxylic acid groups (broad SMARTS) is 2. The number of aliphatic hydroxyl groups is 1. The molecule has 10 nitrogen and oxygen atoms in total. The van der Waals surface area contributed by atoms with Crippen molar-refractivity contribution in [1.82, 2.24) is 10.6 Å². The number of rotatable bonds is 11. The van der Waals surface area contributed by atoms with Crippen LogP contribution in [-0.2, 0) is 19.2 Å². The van der Waals surface area contributed by atoms with E-state index in [4.69, 9.17) is 15.9 Å². The fourth-order valence-electron chi connectivity index (χ4n) is 3.85. The fraction of sp³-hybridized carbons (Fsp3) is 0.333. The van der Waals surface area contributed by atoms with Crippen molar-refractivity contribution in [2.45, 2.75) is 36.3 Å². The number of hydrogen-bond acceptors (Lipinski definition) is 7. The standard InChI is InChI=1S/C24H27N3O7S/c25-17(24(33)34)9-10-19(28)27-18(23(32)26-11-20(29)30)12-35-22-16-8-4-2-6-14(16)13-5-1-3-7-15(13)21(22)31/h1-8,17-18,21-22,31H,9-12,25H2,(H,26,32)(H,27,28)(H,29,30)(H,33,34)/t17?,18?,21-,22-/m0/s1. The Labute approximate surface area is 205 Å². The molecule has 0 radical (unpaired) electrons. The van der Waals surface area contributed by atoms with Gasteiger partial charge in [0.15, 0.2) is 0 Å². The van der Waals surface area contributed by atoms with E-state index in [9.17, 15) is 24.3 Å². The van der Waals surface area contributed by atoms with Crippen LogP contribution in [0.5, 0.6) is 0 Å². The summed E-state index contributed by atoms with van der Waals surface area (Å²) in [6.07, 6.45) is -1.20. The van der Waals surface area contributed by atoms with E-state index in [1.54, 1.807) is 0 Å². The molecule has 0 saturated heterocycles. The summed E-state index contributed by atoms with van der Waals surface area (Å²) < 4.78 is 0. The first kappa shape index (κ1) is 26.2. The normalized spacial score (nSPS) is 17.9. The van der Waals surface area contributed by atoms with Gasteiger partial charge in [-0.1, -0.05) is 48.5 Å². The second kappa shape index (κ2) is 11.8. The lowest BCUT2D eigenvalue weighted by Gasteiger charge is -2.33. The second-order valence-electron chi connectivity index (χ2n) is 8.09. The number of hydrogen-bond donors (Lipinski definition) is 6. The van der Waals surface area contributed by atoms with Crippen LogP contribution in [0, 0.1) is 0 Å². The van der Waals surface area contributed by atoms with Crippen LogP contribution in [0.4, 0.5) is 0 Å². The summed E-state index contributed by atoms with van der Waals surface area (Å²) in [5, 5.41) is 33.2. The molecule has 35 heavy (non-hydrogen) atoms. The van der Waals surface area contributed by atoms with Gasteiger partial charge in [0.25, 0.3) is 0 Å². The molecule has 0 saturated carbocycles. The number of nitrogens with one attached hydrogen (secondary N) is 2. The second-order valence-corrected chi connectivity index (χ2v) is 9.26. The molecular weight excluding hydrogens is 474 g/mol. The minimum Gasteiger partial charge on any atom is -0.480 e. The van der Waals surface area contributed by atoms with Crippen molar-refractivity contribution < 1.29 is 34.5 Å². The van der Waals surface area contributed by atoms with Crippen molar-refractivity contribution in [3.8, 4) is 11.1 Å². The van der Waals surface area contributed by atoms with Gasteiger partial charge in [-0.05, 0) is 28.7 Å². The number of carbonyl (C=O) groups is 4. The predicted molar refractivity (Wildman–Crippen MR) is 129 cm³/mol. The molecule has 7 N–H and O–H groups in total. The Morgan fingerprint density at radius 3 is 2.20 bits per heavy atom. The van der Waals surface area contributed by atoms with Crippen LogP contribution >= 0.6 is 11.8 Å². The molecule has 2 amide bonds. The highest BCUT2D eigenvalue weighted by molar-refractivity contribution is 7.99. The molecule has 1 aliphatic carbocycles. The third-order valence-electron chi connectivity index (χ3n) is 5.63. The first-order chi connectivity index (χ1) is 16.7. The topological polar surface area (TPSA) is 179 Å². The SMILES string of the molecule is NC(CCC(=O)NC(CS[C@H]1c2ccccc2-c2ccccc2[C@@H]1O)C(=O)NCC(=O)O)C(=O)O. The molecule has 3 rings (SSSR count). The first-order valence-electron chi connectivity index (χ1n) is 10.9. The highest BCUT2D eigenvalue weighted by Crippen LogP contribution is 2.50. The zero-order chi connectivity index (χ0) is 25.5. The molecule has 11 heteroatoms. The maximum Gasteiger partial charge on any atom is 0.322 e. The summed E-state index contributed by atoms with van der Waals surface area (Å²) in [4.78, 5) is 46.8. The maximum absolute atomic E-state index is 12.6. The number of fused-ring (bicyclic) bond motifs is 3. The zero-order valence-electron chi connectivity index (χ0n) is 18.7. The third kappa shape index (κ3) is 6.59. The number of thioether (sulfide) groups is 1. The monoisotopic (exact) mass is 501 g/mol. The van der Waals surface area contributed by atoms with Gasteiger partial charge in [0, 0.05) is 12.2 Å². The Morgan fingerprint density at radius 2 is 1.57 bits per heavy atom. The lowest BCUT2D eigenvalue weighted by Crippen LogP contribution is -2.49. The molecule has 0 aromatic heterocycles. The summed E-state index contributed by atoms with van der Waals surface area (Å²) >= 11 is 1.26. The van der Waals surface area contributed by atoms with Crippen molar-refractivity contribution in [3.63, 3.8) is 0 Å². The Kier molecular flexibility index (Phi) is 8.85. The maximum atomic E-state index is 12.6. The van der Waals surface area contributed by atoms with E-state index >= 15 is 0 Å². The average Bonchev–Trinajstić information content (AvgIpc) is 2.84. The molecule has 4 atom stereocenters. The summed E-state index contributed by atoms with van der Waals surface area (Å²) in [5.74, 6) is -3.73. The van der Waals surface area contributed by atoms with Crippen molar-refractivity contribution >= 4 is 35.5 Å². The molecule has 1 aliphatic rings. The highest BCUT2D eigenvalue weighted by atomic mass is 32.2. The molecule has 0 spiro atoms. The van der Waals surface area contributed by atoms with Crippen LogP contribution < -0.4 is 16.4 Å². The highest BCUT2D eigenvalue weighted by Gasteiger charge is 2.34. The van der Waals surface area contributed by atoms with E-state index in [2.05, 4.69) is 10.6 Å². The smallest absolute Gasteiger partial charge is 0.322 e. The van der Waals surface area contributed by atoms with Gasteiger partial charge in [-0.2, -0.15) is 0 Å². The van der Waals surface area contributed by atoms with Crippen molar-refractivity contribution in [3.05, 3.63) is 59.7 Å². The van der Waals surface area contributed by atoms with Gasteiger partial charge >= 0.3 is 11.9 Å². The van der Waals surface area contributed by atoms with Crippen LogP contribution in [0.15, 0.2) is 48.5 Å². The average molecular weight is 502 g/mol. The molecule has 2 unspecified atom stereocenters. The molecule has 186 valence electrons. The Hall–Kier alpha value is -3.41. The number of amides is 2. The van der Waals surface area contributed by atoms with E-state index in [-0.39, 0.29) is 18.6 Å². The van der Waals surface area contributed by atoms with Gasteiger partial charge in [0.1, 0.15) is 18.6 Å².